The predicted molar refractivity (Wildman–Crippen MR) is 41.0 cm³/mol. The van der Waals surface area contributed by atoms with Crippen LogP contribution in [-0.4, -0.2) is 12.6 Å². The molecule has 1 atom stereocenters. The molecule has 1 rings (SSSR count). The van der Waals surface area contributed by atoms with E-state index < -0.39 is 0 Å². The van der Waals surface area contributed by atoms with Crippen LogP contribution >= 0.6 is 0 Å². The van der Waals surface area contributed by atoms with Gasteiger partial charge in [0.15, 0.2) is 0 Å². The highest BCUT2D eigenvalue weighted by Gasteiger charge is 2.08. The summed E-state index contributed by atoms with van der Waals surface area (Å²) in [6, 6.07) is 0.837. The van der Waals surface area contributed by atoms with Gasteiger partial charge in [-0.3, -0.25) is 0 Å². The van der Waals surface area contributed by atoms with E-state index in [1.807, 2.05) is 0 Å². The van der Waals surface area contributed by atoms with Crippen molar-refractivity contribution in [3.05, 3.63) is 0 Å². The molecule has 0 aliphatic carbocycles. The van der Waals surface area contributed by atoms with Gasteiger partial charge < -0.3 is 11.5 Å². The van der Waals surface area contributed by atoms with Gasteiger partial charge in [-0.2, -0.15) is 0 Å². The molecule has 0 amide bonds. The first-order valence-corrected chi connectivity index (χ1v) is 3.67. The molecule has 1 saturated heterocycles. The second kappa shape index (κ2) is 4.77. The highest BCUT2D eigenvalue weighted by Crippen LogP contribution is 2.08. The van der Waals surface area contributed by atoms with Crippen molar-refractivity contribution in [2.75, 3.05) is 6.54 Å². The third kappa shape index (κ3) is 2.82. The molecule has 1 aliphatic rings. The van der Waals surface area contributed by atoms with Crippen LogP contribution < -0.4 is 11.5 Å². The molecule has 4 N–H and O–H groups in total. The van der Waals surface area contributed by atoms with Crippen molar-refractivity contribution in [1.82, 2.24) is 11.5 Å². The van der Waals surface area contributed by atoms with Crippen LogP contribution in [0, 0.1) is 0 Å². The topological polar surface area (TPSA) is 47.0 Å². The molecule has 0 saturated carbocycles. The standard InChI is InChI=1S/C7H15N.H3N/c1-2-7-5-3-4-6-8-7;/h7-8H,2-6H2,1H3;1H3. The third-order valence-corrected chi connectivity index (χ3v) is 1.91. The Morgan fingerprint density at radius 3 is 2.56 bits per heavy atom. The molecule has 0 bridgehead atoms. The Morgan fingerprint density at radius 2 is 2.22 bits per heavy atom. The summed E-state index contributed by atoms with van der Waals surface area (Å²) in [4.78, 5) is 0. The Labute approximate surface area is 57.6 Å². The van der Waals surface area contributed by atoms with E-state index in [4.69, 9.17) is 0 Å². The molecule has 2 nitrogen and oxygen atoms in total. The van der Waals surface area contributed by atoms with E-state index in [0.717, 1.165) is 6.04 Å². The summed E-state index contributed by atoms with van der Waals surface area (Å²) in [6.45, 7) is 3.50. The van der Waals surface area contributed by atoms with Crippen LogP contribution in [0.2, 0.25) is 0 Å². The minimum absolute atomic E-state index is 0. The molecular formula is C7H18N2. The molecule has 56 valence electrons. The van der Waals surface area contributed by atoms with Crippen molar-refractivity contribution in [1.29, 1.82) is 0 Å². The van der Waals surface area contributed by atoms with Crippen LogP contribution in [0.5, 0.6) is 0 Å². The Hall–Kier alpha value is -0.0800. The third-order valence-electron chi connectivity index (χ3n) is 1.91. The molecule has 0 aromatic rings. The summed E-state index contributed by atoms with van der Waals surface area (Å²) < 4.78 is 0. The molecule has 1 unspecified atom stereocenters. The highest BCUT2D eigenvalue weighted by atomic mass is 14.9. The number of hydrogen-bond donors (Lipinski definition) is 2. The number of piperidine rings is 1. The first-order chi connectivity index (χ1) is 3.93. The zero-order valence-electron chi connectivity index (χ0n) is 6.32. The minimum atomic E-state index is 0. The Bertz CT molecular complexity index is 57.9. The average molecular weight is 130 g/mol. The molecule has 0 radical (unpaired) electrons. The predicted octanol–water partition coefficient (Wildman–Crippen LogP) is 1.70. The molecule has 2 heteroatoms. The van der Waals surface area contributed by atoms with E-state index in [2.05, 4.69) is 12.2 Å². The molecular weight excluding hydrogens is 112 g/mol. The van der Waals surface area contributed by atoms with Crippen LogP contribution in [0.3, 0.4) is 0 Å². The van der Waals surface area contributed by atoms with Crippen LogP contribution in [0.4, 0.5) is 0 Å². The first-order valence-electron chi connectivity index (χ1n) is 3.67. The number of rotatable bonds is 1. The van der Waals surface area contributed by atoms with Gasteiger partial charge in [0.25, 0.3) is 0 Å². The largest absolute Gasteiger partial charge is 0.344 e. The van der Waals surface area contributed by atoms with E-state index in [1.165, 1.54) is 32.2 Å². The van der Waals surface area contributed by atoms with E-state index in [0.29, 0.717) is 0 Å². The van der Waals surface area contributed by atoms with Crippen LogP contribution in [-0.2, 0) is 0 Å². The zero-order valence-corrected chi connectivity index (χ0v) is 6.32. The number of hydrogen-bond acceptors (Lipinski definition) is 2. The van der Waals surface area contributed by atoms with Crippen molar-refractivity contribution < 1.29 is 0 Å². The Balaban J connectivity index is 0.000000640. The quantitative estimate of drug-likeness (QED) is 0.567. The first kappa shape index (κ1) is 8.92. The Morgan fingerprint density at radius 1 is 1.44 bits per heavy atom. The van der Waals surface area contributed by atoms with Crippen LogP contribution in [0.25, 0.3) is 0 Å². The van der Waals surface area contributed by atoms with Crippen molar-refractivity contribution in [3.63, 3.8) is 0 Å². The van der Waals surface area contributed by atoms with Gasteiger partial charge in [-0.05, 0) is 25.8 Å². The van der Waals surface area contributed by atoms with E-state index in [9.17, 15) is 0 Å². The van der Waals surface area contributed by atoms with Crippen LogP contribution in [0.15, 0.2) is 0 Å². The van der Waals surface area contributed by atoms with Gasteiger partial charge in [-0.1, -0.05) is 13.3 Å². The summed E-state index contributed by atoms with van der Waals surface area (Å²) in [6.07, 6.45) is 5.53. The Kier molecular flexibility index (Phi) is 4.72. The smallest absolute Gasteiger partial charge is 0.00644 e. The summed E-state index contributed by atoms with van der Waals surface area (Å²) in [7, 11) is 0. The molecule has 1 heterocycles. The molecule has 1 fully saturated rings. The fourth-order valence-electron chi connectivity index (χ4n) is 1.27. The fourth-order valence-corrected chi connectivity index (χ4v) is 1.27. The van der Waals surface area contributed by atoms with Crippen molar-refractivity contribution >= 4 is 0 Å². The molecule has 1 aliphatic heterocycles. The maximum absolute atomic E-state index is 3.47. The maximum Gasteiger partial charge on any atom is 0.00644 e. The normalized spacial score (nSPS) is 27.0. The fraction of sp³-hybridized carbons (Fsp3) is 1.00. The van der Waals surface area contributed by atoms with Crippen molar-refractivity contribution in [2.24, 2.45) is 0 Å². The monoisotopic (exact) mass is 130 g/mol. The highest BCUT2D eigenvalue weighted by molar-refractivity contribution is 4.69. The summed E-state index contributed by atoms with van der Waals surface area (Å²) in [5.74, 6) is 0. The molecule has 0 aromatic heterocycles. The second-order valence-electron chi connectivity index (χ2n) is 2.56. The minimum Gasteiger partial charge on any atom is -0.344 e. The molecule has 0 spiro atoms. The van der Waals surface area contributed by atoms with Crippen molar-refractivity contribution in [2.45, 2.75) is 38.6 Å². The SMILES string of the molecule is CCC1CCCCN1.N. The van der Waals surface area contributed by atoms with Crippen molar-refractivity contribution in [3.8, 4) is 0 Å². The van der Waals surface area contributed by atoms with Crippen LogP contribution in [0.1, 0.15) is 32.6 Å². The second-order valence-corrected chi connectivity index (χ2v) is 2.56. The van der Waals surface area contributed by atoms with Gasteiger partial charge in [0, 0.05) is 6.04 Å². The lowest BCUT2D eigenvalue weighted by atomic mass is 10.0. The van der Waals surface area contributed by atoms with Gasteiger partial charge in [0.1, 0.15) is 0 Å². The summed E-state index contributed by atoms with van der Waals surface area (Å²) >= 11 is 0. The lowest BCUT2D eigenvalue weighted by molar-refractivity contribution is 0.393. The van der Waals surface area contributed by atoms with E-state index in [1.54, 1.807) is 0 Å². The van der Waals surface area contributed by atoms with Gasteiger partial charge in [0.2, 0.25) is 0 Å². The van der Waals surface area contributed by atoms with Gasteiger partial charge in [-0.25, -0.2) is 0 Å². The van der Waals surface area contributed by atoms with Gasteiger partial charge >= 0.3 is 0 Å². The average Bonchev–Trinajstić information content (AvgIpc) is 1.90. The number of nitrogens with one attached hydrogen (secondary N) is 1. The van der Waals surface area contributed by atoms with E-state index >= 15 is 0 Å². The zero-order chi connectivity index (χ0) is 5.82. The molecule has 9 heavy (non-hydrogen) atoms. The van der Waals surface area contributed by atoms with Gasteiger partial charge in [-0.15, -0.1) is 0 Å². The summed E-state index contributed by atoms with van der Waals surface area (Å²) in [5.41, 5.74) is 0. The lowest BCUT2D eigenvalue weighted by Crippen LogP contribution is -2.32. The summed E-state index contributed by atoms with van der Waals surface area (Å²) in [5, 5.41) is 3.47. The molecule has 0 aromatic carbocycles. The van der Waals surface area contributed by atoms with Gasteiger partial charge in [0.05, 0.1) is 0 Å². The lowest BCUT2D eigenvalue weighted by Gasteiger charge is -2.21. The van der Waals surface area contributed by atoms with E-state index in [-0.39, 0.29) is 6.15 Å². The maximum atomic E-state index is 3.47.